The Morgan fingerprint density at radius 3 is 2.46 bits per heavy atom. The van der Waals surface area contributed by atoms with Gasteiger partial charge in [0, 0.05) is 32.7 Å². The Bertz CT molecular complexity index is 644. The molecule has 1 aliphatic rings. The van der Waals surface area contributed by atoms with Crippen LogP contribution in [-0.2, 0) is 14.8 Å². The molecule has 0 radical (unpaired) electrons. The molecule has 9 heteroatoms. The molecule has 1 saturated heterocycles. The molecule has 1 aromatic rings. The van der Waals surface area contributed by atoms with Crippen molar-refractivity contribution >= 4 is 15.9 Å². The van der Waals surface area contributed by atoms with Gasteiger partial charge in [-0.05, 0) is 20.3 Å². The number of hydrogen-bond acceptors (Lipinski definition) is 6. The zero-order chi connectivity index (χ0) is 17.7. The standard InChI is InChI=1S/C15H26N4O4S/c1-4-5-6-16-14(20)11-18-7-9-19(10-8-18)24(21,22)15-12(2)17-23-13(15)3/h4-11H2,1-3H3,(H,16,20). The van der Waals surface area contributed by atoms with E-state index >= 15 is 0 Å². The predicted molar refractivity (Wildman–Crippen MR) is 89.1 cm³/mol. The van der Waals surface area contributed by atoms with Gasteiger partial charge in [0.15, 0.2) is 5.76 Å². The maximum Gasteiger partial charge on any atom is 0.248 e. The molecule has 136 valence electrons. The minimum atomic E-state index is -3.60. The number of amides is 1. The second-order valence-corrected chi connectivity index (χ2v) is 7.91. The van der Waals surface area contributed by atoms with Crippen LogP contribution in [0.15, 0.2) is 9.42 Å². The molecule has 1 fully saturated rings. The van der Waals surface area contributed by atoms with Gasteiger partial charge in [0.2, 0.25) is 15.9 Å². The van der Waals surface area contributed by atoms with E-state index in [1.165, 1.54) is 4.31 Å². The van der Waals surface area contributed by atoms with Gasteiger partial charge >= 0.3 is 0 Å². The summed E-state index contributed by atoms with van der Waals surface area (Å²) in [6.45, 7) is 8.07. The fourth-order valence-electron chi connectivity index (χ4n) is 2.76. The number of piperazine rings is 1. The summed E-state index contributed by atoms with van der Waals surface area (Å²) in [5.74, 6) is 0.302. The number of unbranched alkanes of at least 4 members (excludes halogenated alkanes) is 1. The van der Waals surface area contributed by atoms with Crippen molar-refractivity contribution in [2.75, 3.05) is 39.3 Å². The highest BCUT2D eigenvalue weighted by molar-refractivity contribution is 7.89. The van der Waals surface area contributed by atoms with Crippen molar-refractivity contribution < 1.29 is 17.7 Å². The first kappa shape index (κ1) is 18.9. The molecule has 1 aromatic heterocycles. The molecule has 24 heavy (non-hydrogen) atoms. The number of aromatic nitrogens is 1. The molecular formula is C15H26N4O4S. The van der Waals surface area contributed by atoms with Crippen molar-refractivity contribution in [3.05, 3.63) is 11.5 Å². The molecule has 0 bridgehead atoms. The zero-order valence-electron chi connectivity index (χ0n) is 14.5. The summed E-state index contributed by atoms with van der Waals surface area (Å²) in [5, 5.41) is 6.60. The van der Waals surface area contributed by atoms with E-state index in [-0.39, 0.29) is 10.8 Å². The lowest BCUT2D eigenvalue weighted by Gasteiger charge is -2.33. The second-order valence-electron chi connectivity index (χ2n) is 6.04. The van der Waals surface area contributed by atoms with Crippen LogP contribution in [0, 0.1) is 13.8 Å². The van der Waals surface area contributed by atoms with Gasteiger partial charge in [-0.15, -0.1) is 0 Å². The van der Waals surface area contributed by atoms with Crippen molar-refractivity contribution in [1.82, 2.24) is 19.7 Å². The number of nitrogens with zero attached hydrogens (tertiary/aromatic N) is 3. The van der Waals surface area contributed by atoms with Crippen molar-refractivity contribution in [3.63, 3.8) is 0 Å². The van der Waals surface area contributed by atoms with Gasteiger partial charge < -0.3 is 9.84 Å². The Morgan fingerprint density at radius 2 is 1.92 bits per heavy atom. The Balaban J connectivity index is 1.90. The molecular weight excluding hydrogens is 332 g/mol. The summed E-state index contributed by atoms with van der Waals surface area (Å²) in [6, 6.07) is 0. The first-order valence-electron chi connectivity index (χ1n) is 8.28. The van der Waals surface area contributed by atoms with E-state index in [0.29, 0.717) is 50.7 Å². The molecule has 8 nitrogen and oxygen atoms in total. The molecule has 0 aromatic carbocycles. The van der Waals surface area contributed by atoms with Crippen LogP contribution in [0.2, 0.25) is 0 Å². The van der Waals surface area contributed by atoms with Gasteiger partial charge in [0.25, 0.3) is 0 Å². The molecule has 1 amide bonds. The number of hydrogen-bond donors (Lipinski definition) is 1. The third-order valence-corrected chi connectivity index (χ3v) is 6.26. The van der Waals surface area contributed by atoms with Crippen LogP contribution in [0.4, 0.5) is 0 Å². The summed E-state index contributed by atoms with van der Waals surface area (Å²) < 4.78 is 31.9. The van der Waals surface area contributed by atoms with E-state index in [4.69, 9.17) is 4.52 Å². The Kier molecular flexibility index (Phi) is 6.36. The first-order chi connectivity index (χ1) is 11.4. The molecule has 0 atom stereocenters. The van der Waals surface area contributed by atoms with Crippen LogP contribution in [0.5, 0.6) is 0 Å². The Labute approximate surface area is 143 Å². The van der Waals surface area contributed by atoms with E-state index < -0.39 is 10.0 Å². The average Bonchev–Trinajstić information content (AvgIpc) is 2.87. The van der Waals surface area contributed by atoms with Crippen LogP contribution in [-0.4, -0.2) is 68.0 Å². The third kappa shape index (κ3) is 4.34. The van der Waals surface area contributed by atoms with Gasteiger partial charge in [0.1, 0.15) is 10.6 Å². The maximum absolute atomic E-state index is 12.7. The monoisotopic (exact) mass is 358 g/mol. The number of nitrogens with one attached hydrogen (secondary N) is 1. The van der Waals surface area contributed by atoms with Crippen molar-refractivity contribution in [3.8, 4) is 0 Å². The summed E-state index contributed by atoms with van der Waals surface area (Å²) in [5.41, 5.74) is 0.380. The lowest BCUT2D eigenvalue weighted by Crippen LogP contribution is -2.51. The average molecular weight is 358 g/mol. The zero-order valence-corrected chi connectivity index (χ0v) is 15.4. The van der Waals surface area contributed by atoms with Gasteiger partial charge in [0.05, 0.1) is 6.54 Å². The highest BCUT2D eigenvalue weighted by atomic mass is 32.2. The summed E-state index contributed by atoms with van der Waals surface area (Å²) >= 11 is 0. The molecule has 0 spiro atoms. The highest BCUT2D eigenvalue weighted by Crippen LogP contribution is 2.24. The highest BCUT2D eigenvalue weighted by Gasteiger charge is 2.33. The molecule has 0 saturated carbocycles. The number of sulfonamides is 1. The summed E-state index contributed by atoms with van der Waals surface area (Å²) in [4.78, 5) is 14.0. The minimum Gasteiger partial charge on any atom is -0.360 e. The lowest BCUT2D eigenvalue weighted by atomic mass is 10.3. The maximum atomic E-state index is 12.7. The number of rotatable bonds is 7. The molecule has 1 N–H and O–H groups in total. The van der Waals surface area contributed by atoms with Crippen LogP contribution in [0.1, 0.15) is 31.2 Å². The second kappa shape index (κ2) is 8.09. The van der Waals surface area contributed by atoms with E-state index in [1.54, 1.807) is 13.8 Å². The van der Waals surface area contributed by atoms with Crippen molar-refractivity contribution in [2.45, 2.75) is 38.5 Å². The van der Waals surface area contributed by atoms with Gasteiger partial charge in [-0.2, -0.15) is 4.31 Å². The van der Waals surface area contributed by atoms with Crippen molar-refractivity contribution in [2.24, 2.45) is 0 Å². The number of carbonyl (C=O) groups excluding carboxylic acids is 1. The number of aryl methyl sites for hydroxylation is 2. The Hall–Kier alpha value is -1.45. The van der Waals surface area contributed by atoms with E-state index in [1.807, 2.05) is 4.90 Å². The van der Waals surface area contributed by atoms with E-state index in [0.717, 1.165) is 12.8 Å². The van der Waals surface area contributed by atoms with E-state index in [9.17, 15) is 13.2 Å². The first-order valence-corrected chi connectivity index (χ1v) is 9.72. The van der Waals surface area contributed by atoms with Crippen LogP contribution in [0.25, 0.3) is 0 Å². The number of carbonyl (C=O) groups is 1. The quantitative estimate of drug-likeness (QED) is 0.714. The predicted octanol–water partition coefficient (Wildman–Crippen LogP) is 0.514. The van der Waals surface area contributed by atoms with E-state index in [2.05, 4.69) is 17.4 Å². The Morgan fingerprint density at radius 1 is 1.25 bits per heavy atom. The molecule has 1 aliphatic heterocycles. The lowest BCUT2D eigenvalue weighted by molar-refractivity contribution is -0.122. The van der Waals surface area contributed by atoms with Gasteiger partial charge in [-0.3, -0.25) is 9.69 Å². The van der Waals surface area contributed by atoms with Gasteiger partial charge in [-0.25, -0.2) is 8.42 Å². The van der Waals surface area contributed by atoms with Crippen molar-refractivity contribution in [1.29, 1.82) is 0 Å². The minimum absolute atomic E-state index is 0.00881. The molecule has 2 heterocycles. The van der Waals surface area contributed by atoms with Gasteiger partial charge in [-0.1, -0.05) is 18.5 Å². The third-order valence-electron chi connectivity index (χ3n) is 4.12. The fraction of sp³-hybridized carbons (Fsp3) is 0.733. The topological polar surface area (TPSA) is 95.8 Å². The fourth-order valence-corrected chi connectivity index (χ4v) is 4.48. The smallest absolute Gasteiger partial charge is 0.248 e. The normalized spacial score (nSPS) is 17.1. The van der Waals surface area contributed by atoms with Crippen LogP contribution < -0.4 is 5.32 Å². The van der Waals surface area contributed by atoms with Crippen LogP contribution in [0.3, 0.4) is 0 Å². The largest absolute Gasteiger partial charge is 0.360 e. The summed E-state index contributed by atoms with van der Waals surface area (Å²) in [6.07, 6.45) is 2.01. The summed E-state index contributed by atoms with van der Waals surface area (Å²) in [7, 11) is -3.60. The van der Waals surface area contributed by atoms with Crippen LogP contribution >= 0.6 is 0 Å². The molecule has 0 unspecified atom stereocenters. The SMILES string of the molecule is CCCCNC(=O)CN1CCN(S(=O)(=O)c2c(C)noc2C)CC1. The molecule has 0 aliphatic carbocycles. The molecule has 2 rings (SSSR count).